The fourth-order valence-corrected chi connectivity index (χ4v) is 5.85. The van der Waals surface area contributed by atoms with Crippen LogP contribution in [0.5, 0.6) is 0 Å². The summed E-state index contributed by atoms with van der Waals surface area (Å²) in [7, 11) is 0. The molecule has 282 valence electrons. The SMILES string of the molecule is CCCCCC/C=C\CCCCCCCC(=O)OCC(COC(=O)CCCCCCCCCC)OC(=O)CCCCCCCCCCC. The monoisotopic (exact) mass is 679 g/mol. The van der Waals surface area contributed by atoms with E-state index in [9.17, 15) is 14.4 Å². The average Bonchev–Trinajstić information content (AvgIpc) is 3.08. The first kappa shape index (κ1) is 46.1. The van der Waals surface area contributed by atoms with Gasteiger partial charge in [0.2, 0.25) is 0 Å². The molecule has 0 aliphatic heterocycles. The summed E-state index contributed by atoms with van der Waals surface area (Å²) in [4.78, 5) is 37.4. The molecular formula is C42H78O6. The first-order valence-electron chi connectivity index (χ1n) is 20.7. The zero-order valence-electron chi connectivity index (χ0n) is 32.0. The average molecular weight is 679 g/mol. The van der Waals surface area contributed by atoms with Crippen molar-refractivity contribution in [2.24, 2.45) is 0 Å². The van der Waals surface area contributed by atoms with Gasteiger partial charge in [0.1, 0.15) is 13.2 Å². The Balaban J connectivity index is 4.33. The molecule has 1 unspecified atom stereocenters. The zero-order valence-corrected chi connectivity index (χ0v) is 32.0. The van der Waals surface area contributed by atoms with Crippen LogP contribution in [0, 0.1) is 0 Å². The van der Waals surface area contributed by atoms with E-state index in [4.69, 9.17) is 14.2 Å². The molecule has 48 heavy (non-hydrogen) atoms. The van der Waals surface area contributed by atoms with Crippen LogP contribution >= 0.6 is 0 Å². The molecular weight excluding hydrogens is 600 g/mol. The molecule has 0 amide bonds. The van der Waals surface area contributed by atoms with Crippen molar-refractivity contribution in [1.29, 1.82) is 0 Å². The maximum absolute atomic E-state index is 12.6. The van der Waals surface area contributed by atoms with E-state index in [0.717, 1.165) is 64.2 Å². The second-order valence-electron chi connectivity index (χ2n) is 13.9. The topological polar surface area (TPSA) is 78.9 Å². The summed E-state index contributed by atoms with van der Waals surface area (Å²) in [5, 5.41) is 0. The Hall–Kier alpha value is -1.85. The highest BCUT2D eigenvalue weighted by molar-refractivity contribution is 5.71. The van der Waals surface area contributed by atoms with Crippen LogP contribution in [-0.2, 0) is 28.6 Å². The van der Waals surface area contributed by atoms with Gasteiger partial charge < -0.3 is 14.2 Å². The third kappa shape index (κ3) is 35.5. The Bertz CT molecular complexity index is 748. The highest BCUT2D eigenvalue weighted by Gasteiger charge is 2.19. The Morgan fingerprint density at radius 1 is 0.396 bits per heavy atom. The van der Waals surface area contributed by atoms with E-state index in [2.05, 4.69) is 32.9 Å². The molecule has 0 aliphatic rings. The third-order valence-corrected chi connectivity index (χ3v) is 9.02. The fraction of sp³-hybridized carbons (Fsp3) is 0.881. The highest BCUT2D eigenvalue weighted by atomic mass is 16.6. The maximum Gasteiger partial charge on any atom is 0.306 e. The Kier molecular flexibility index (Phi) is 36.5. The van der Waals surface area contributed by atoms with Crippen molar-refractivity contribution in [3.8, 4) is 0 Å². The quantitative estimate of drug-likeness (QED) is 0.0282. The minimum atomic E-state index is -0.762. The van der Waals surface area contributed by atoms with Crippen LogP contribution in [0.25, 0.3) is 0 Å². The minimum Gasteiger partial charge on any atom is -0.462 e. The van der Waals surface area contributed by atoms with Crippen LogP contribution in [0.4, 0.5) is 0 Å². The van der Waals surface area contributed by atoms with Crippen molar-refractivity contribution in [2.75, 3.05) is 13.2 Å². The van der Waals surface area contributed by atoms with Crippen LogP contribution < -0.4 is 0 Å². The third-order valence-electron chi connectivity index (χ3n) is 9.02. The lowest BCUT2D eigenvalue weighted by atomic mass is 10.1. The Labute approximate surface area is 297 Å². The Morgan fingerprint density at radius 2 is 0.688 bits per heavy atom. The van der Waals surface area contributed by atoms with Gasteiger partial charge in [0, 0.05) is 19.3 Å². The second-order valence-corrected chi connectivity index (χ2v) is 13.9. The number of ether oxygens (including phenoxy) is 3. The summed E-state index contributed by atoms with van der Waals surface area (Å²) in [6, 6.07) is 0. The molecule has 1 atom stereocenters. The van der Waals surface area contributed by atoms with Crippen LogP contribution in [0.3, 0.4) is 0 Å². The second kappa shape index (κ2) is 38.0. The van der Waals surface area contributed by atoms with Crippen molar-refractivity contribution in [2.45, 2.75) is 226 Å². The summed E-state index contributed by atoms with van der Waals surface area (Å²) >= 11 is 0. The van der Waals surface area contributed by atoms with Crippen LogP contribution in [0.1, 0.15) is 220 Å². The van der Waals surface area contributed by atoms with E-state index >= 15 is 0 Å². The summed E-state index contributed by atoms with van der Waals surface area (Å²) in [5.74, 6) is -0.884. The molecule has 6 heteroatoms. The number of allylic oxidation sites excluding steroid dienone is 2. The number of rotatable bonds is 37. The van der Waals surface area contributed by atoms with Crippen molar-refractivity contribution in [3.63, 3.8) is 0 Å². The fourth-order valence-electron chi connectivity index (χ4n) is 5.85. The molecule has 0 N–H and O–H groups in total. The molecule has 0 bridgehead atoms. The number of hydrogen-bond donors (Lipinski definition) is 0. The van der Waals surface area contributed by atoms with Gasteiger partial charge in [-0.2, -0.15) is 0 Å². The van der Waals surface area contributed by atoms with E-state index in [1.165, 1.54) is 116 Å². The van der Waals surface area contributed by atoms with Gasteiger partial charge in [0.15, 0.2) is 6.10 Å². The predicted octanol–water partition coefficient (Wildman–Crippen LogP) is 12.7. The van der Waals surface area contributed by atoms with E-state index in [1.807, 2.05) is 0 Å². The molecule has 6 nitrogen and oxygen atoms in total. The van der Waals surface area contributed by atoms with Crippen LogP contribution in [-0.4, -0.2) is 37.2 Å². The number of carbonyl (C=O) groups excluding carboxylic acids is 3. The summed E-state index contributed by atoms with van der Waals surface area (Å²) in [6.07, 6.45) is 37.7. The van der Waals surface area contributed by atoms with E-state index in [1.54, 1.807) is 0 Å². The molecule has 0 aliphatic carbocycles. The minimum absolute atomic E-state index is 0.0696. The van der Waals surface area contributed by atoms with Gasteiger partial charge in [0.25, 0.3) is 0 Å². The molecule has 0 saturated heterocycles. The van der Waals surface area contributed by atoms with Gasteiger partial charge in [-0.3, -0.25) is 14.4 Å². The van der Waals surface area contributed by atoms with E-state index < -0.39 is 6.10 Å². The molecule has 0 saturated carbocycles. The van der Waals surface area contributed by atoms with Crippen molar-refractivity contribution in [1.82, 2.24) is 0 Å². The van der Waals surface area contributed by atoms with E-state index in [0.29, 0.717) is 19.3 Å². The molecule has 0 heterocycles. The zero-order chi connectivity index (χ0) is 35.2. The molecule has 0 aromatic rings. The maximum atomic E-state index is 12.6. The largest absolute Gasteiger partial charge is 0.462 e. The van der Waals surface area contributed by atoms with Gasteiger partial charge >= 0.3 is 17.9 Å². The highest BCUT2D eigenvalue weighted by Crippen LogP contribution is 2.14. The molecule has 0 fully saturated rings. The van der Waals surface area contributed by atoms with Crippen LogP contribution in [0.2, 0.25) is 0 Å². The molecule has 0 aromatic carbocycles. The molecule has 0 spiro atoms. The number of unbranched alkanes of at least 4 members (excludes halogenated alkanes) is 24. The Morgan fingerprint density at radius 3 is 1.06 bits per heavy atom. The molecule has 0 rings (SSSR count). The standard InChI is InChI=1S/C42H78O6/c1-4-7-10-13-16-19-20-21-22-24-26-29-32-35-41(44)47-38-39(37-46-40(43)34-31-28-25-18-15-12-9-6-3)48-42(45)36-33-30-27-23-17-14-11-8-5-2/h19-20,39H,4-18,21-38H2,1-3H3/b20-19-. The number of carbonyl (C=O) groups is 3. The van der Waals surface area contributed by atoms with Gasteiger partial charge in [-0.05, 0) is 44.9 Å². The normalized spacial score (nSPS) is 12.0. The number of esters is 3. The lowest BCUT2D eigenvalue weighted by Gasteiger charge is -2.18. The van der Waals surface area contributed by atoms with Crippen molar-refractivity contribution < 1.29 is 28.6 Å². The molecule has 0 aromatic heterocycles. The van der Waals surface area contributed by atoms with Crippen LogP contribution in [0.15, 0.2) is 12.2 Å². The van der Waals surface area contributed by atoms with Gasteiger partial charge in [-0.15, -0.1) is 0 Å². The van der Waals surface area contributed by atoms with Gasteiger partial charge in [-0.25, -0.2) is 0 Å². The van der Waals surface area contributed by atoms with E-state index in [-0.39, 0.29) is 31.1 Å². The summed E-state index contributed by atoms with van der Waals surface area (Å²) < 4.78 is 16.6. The van der Waals surface area contributed by atoms with Gasteiger partial charge in [0.05, 0.1) is 0 Å². The first-order valence-corrected chi connectivity index (χ1v) is 20.7. The lowest BCUT2D eigenvalue weighted by molar-refractivity contribution is -0.167. The predicted molar refractivity (Wildman–Crippen MR) is 201 cm³/mol. The first-order chi connectivity index (χ1) is 23.5. The van der Waals surface area contributed by atoms with Crippen molar-refractivity contribution in [3.05, 3.63) is 12.2 Å². The van der Waals surface area contributed by atoms with Gasteiger partial charge in [-0.1, -0.05) is 168 Å². The molecule has 0 radical (unpaired) electrons. The summed E-state index contributed by atoms with van der Waals surface area (Å²) in [6.45, 7) is 6.56. The lowest BCUT2D eigenvalue weighted by Crippen LogP contribution is -2.30. The number of hydrogen-bond acceptors (Lipinski definition) is 6. The smallest absolute Gasteiger partial charge is 0.306 e. The van der Waals surface area contributed by atoms with Crippen molar-refractivity contribution >= 4 is 17.9 Å². The summed E-state index contributed by atoms with van der Waals surface area (Å²) in [5.41, 5.74) is 0.